The quantitative estimate of drug-likeness (QED) is 0.286. The first-order chi connectivity index (χ1) is 19.1. The minimum absolute atomic E-state index is 0.0192. The molecule has 3 rings (SSSR count). The van der Waals surface area contributed by atoms with E-state index in [-0.39, 0.29) is 27.2 Å². The fourth-order valence-corrected chi connectivity index (χ4v) is 5.95. The number of sulfonamides is 1. The minimum atomic E-state index is -4.23. The number of halogens is 3. The molecule has 0 bridgehead atoms. The average Bonchev–Trinajstić information content (AvgIpc) is 2.91. The lowest BCUT2D eigenvalue weighted by Gasteiger charge is -2.33. The third-order valence-corrected chi connectivity index (χ3v) is 8.86. The number of amides is 2. The predicted octanol–water partition coefficient (Wildman–Crippen LogP) is 6.18. The van der Waals surface area contributed by atoms with E-state index in [2.05, 4.69) is 5.32 Å². The lowest BCUT2D eigenvalue weighted by atomic mass is 10.1. The number of hydrogen-bond acceptors (Lipinski definition) is 5. The van der Waals surface area contributed by atoms with Crippen LogP contribution in [0.1, 0.15) is 33.3 Å². The van der Waals surface area contributed by atoms with Gasteiger partial charge in [0.2, 0.25) is 11.8 Å². The second kappa shape index (κ2) is 13.3. The van der Waals surface area contributed by atoms with Crippen molar-refractivity contribution in [1.82, 2.24) is 10.2 Å². The van der Waals surface area contributed by atoms with Crippen molar-refractivity contribution >= 4 is 62.3 Å². The van der Waals surface area contributed by atoms with Crippen LogP contribution in [0.4, 0.5) is 5.69 Å². The molecule has 0 heterocycles. The number of benzene rings is 3. The summed E-state index contributed by atoms with van der Waals surface area (Å²) in [5, 5.41) is 3.66. The molecule has 0 fully saturated rings. The molecule has 220 valence electrons. The second-order valence-electron chi connectivity index (χ2n) is 10.3. The van der Waals surface area contributed by atoms with Crippen molar-refractivity contribution in [3.05, 3.63) is 87.4 Å². The van der Waals surface area contributed by atoms with Crippen molar-refractivity contribution in [3.63, 3.8) is 0 Å². The van der Waals surface area contributed by atoms with E-state index < -0.39 is 40.0 Å². The Morgan fingerprint density at radius 3 is 2.15 bits per heavy atom. The maximum absolute atomic E-state index is 14.0. The summed E-state index contributed by atoms with van der Waals surface area (Å²) in [6.45, 7) is 6.40. The molecule has 0 unspecified atom stereocenters. The van der Waals surface area contributed by atoms with E-state index >= 15 is 0 Å². The fraction of sp³-hybridized carbons (Fsp3) is 0.310. The molecule has 0 aliphatic rings. The Kier molecular flexibility index (Phi) is 10.6. The summed E-state index contributed by atoms with van der Waals surface area (Å²) in [6, 6.07) is 16.1. The molecule has 1 atom stereocenters. The van der Waals surface area contributed by atoms with Gasteiger partial charge >= 0.3 is 0 Å². The first-order valence-corrected chi connectivity index (χ1v) is 15.2. The summed E-state index contributed by atoms with van der Waals surface area (Å²) in [5.74, 6) is -0.692. The Labute approximate surface area is 256 Å². The molecule has 0 aromatic heterocycles. The van der Waals surface area contributed by atoms with Crippen LogP contribution in [-0.4, -0.2) is 50.4 Å². The number of hydrogen-bond donors (Lipinski definition) is 1. The Hall–Kier alpha value is -2.98. The highest BCUT2D eigenvalue weighted by Crippen LogP contribution is 2.32. The summed E-state index contributed by atoms with van der Waals surface area (Å²) in [7, 11) is -2.79. The van der Waals surface area contributed by atoms with Gasteiger partial charge in [0.05, 0.1) is 32.8 Å². The van der Waals surface area contributed by atoms with Crippen molar-refractivity contribution < 1.29 is 22.7 Å². The first-order valence-electron chi connectivity index (χ1n) is 12.6. The maximum Gasteiger partial charge on any atom is 0.264 e. The monoisotopic (exact) mass is 639 g/mol. The Morgan fingerprint density at radius 2 is 1.59 bits per heavy atom. The number of ether oxygens (including phenoxy) is 1. The van der Waals surface area contributed by atoms with Crippen LogP contribution in [0.2, 0.25) is 15.1 Å². The maximum atomic E-state index is 14.0. The molecule has 1 N–H and O–H groups in total. The van der Waals surface area contributed by atoms with Crippen LogP contribution in [0.5, 0.6) is 5.75 Å². The van der Waals surface area contributed by atoms with Crippen LogP contribution in [0, 0.1) is 0 Å². The molecule has 0 saturated heterocycles. The number of carbonyl (C=O) groups excluding carboxylic acids is 2. The van der Waals surface area contributed by atoms with E-state index in [1.54, 1.807) is 43.3 Å². The van der Waals surface area contributed by atoms with Crippen LogP contribution in [-0.2, 0) is 26.2 Å². The van der Waals surface area contributed by atoms with E-state index in [1.165, 1.54) is 42.3 Å². The number of methoxy groups -OCH3 is 1. The van der Waals surface area contributed by atoms with Crippen molar-refractivity contribution in [2.45, 2.75) is 50.7 Å². The van der Waals surface area contributed by atoms with E-state index in [4.69, 9.17) is 39.5 Å². The van der Waals surface area contributed by atoms with Crippen LogP contribution in [0.25, 0.3) is 0 Å². The Morgan fingerprint density at radius 1 is 0.927 bits per heavy atom. The Bertz CT molecular complexity index is 1510. The van der Waals surface area contributed by atoms with Gasteiger partial charge in [-0.3, -0.25) is 13.9 Å². The van der Waals surface area contributed by atoms with Gasteiger partial charge in [-0.1, -0.05) is 59.1 Å². The van der Waals surface area contributed by atoms with Crippen LogP contribution < -0.4 is 14.4 Å². The number of rotatable bonds is 10. The third-order valence-electron chi connectivity index (χ3n) is 6.04. The van der Waals surface area contributed by atoms with Crippen LogP contribution >= 0.6 is 34.8 Å². The summed E-state index contributed by atoms with van der Waals surface area (Å²) >= 11 is 18.6. The van der Waals surface area contributed by atoms with Crippen molar-refractivity contribution in [3.8, 4) is 5.75 Å². The standard InChI is InChI=1S/C29H32Cl3N3O5S/c1-19(28(37)33-29(2,3)4)34(17-20-11-13-23(30)24(31)15-20)27(36)18-35(21-12-14-26(40-5)25(32)16-21)41(38,39)22-9-7-6-8-10-22/h6-16,19H,17-18H2,1-5H3,(H,33,37)/t19-/m1/s1. The highest BCUT2D eigenvalue weighted by molar-refractivity contribution is 7.92. The molecule has 0 radical (unpaired) electrons. The van der Waals surface area contributed by atoms with Gasteiger partial charge in [0.15, 0.2) is 0 Å². The van der Waals surface area contributed by atoms with Crippen molar-refractivity contribution in [2.75, 3.05) is 18.0 Å². The molecule has 2 amide bonds. The van der Waals surface area contributed by atoms with Gasteiger partial charge in [-0.2, -0.15) is 0 Å². The number of carbonyl (C=O) groups is 2. The second-order valence-corrected chi connectivity index (χ2v) is 13.4. The number of nitrogens with zero attached hydrogens (tertiary/aromatic N) is 2. The highest BCUT2D eigenvalue weighted by Gasteiger charge is 2.33. The molecule has 0 aliphatic heterocycles. The molecule has 0 aliphatic carbocycles. The molecule has 12 heteroatoms. The fourth-order valence-electron chi connectivity index (χ4n) is 3.95. The molecule has 0 saturated carbocycles. The van der Waals surface area contributed by atoms with Gasteiger partial charge in [-0.25, -0.2) is 8.42 Å². The average molecular weight is 641 g/mol. The van der Waals surface area contributed by atoms with E-state index in [0.29, 0.717) is 16.3 Å². The van der Waals surface area contributed by atoms with E-state index in [9.17, 15) is 18.0 Å². The summed E-state index contributed by atoms with van der Waals surface area (Å²) < 4.78 is 33.9. The van der Waals surface area contributed by atoms with Crippen molar-refractivity contribution in [1.29, 1.82) is 0 Å². The summed E-state index contributed by atoms with van der Waals surface area (Å²) in [6.07, 6.45) is 0. The summed E-state index contributed by atoms with van der Waals surface area (Å²) in [4.78, 5) is 28.5. The van der Waals surface area contributed by atoms with Crippen LogP contribution in [0.15, 0.2) is 71.6 Å². The normalized spacial score (nSPS) is 12.4. The lowest BCUT2D eigenvalue weighted by molar-refractivity contribution is -0.140. The third kappa shape index (κ3) is 8.29. The van der Waals surface area contributed by atoms with Gasteiger partial charge in [-0.15, -0.1) is 0 Å². The molecule has 8 nitrogen and oxygen atoms in total. The molecular weight excluding hydrogens is 609 g/mol. The molecular formula is C29H32Cl3N3O5S. The smallest absolute Gasteiger partial charge is 0.264 e. The topological polar surface area (TPSA) is 96.0 Å². The molecule has 3 aromatic rings. The zero-order valence-electron chi connectivity index (χ0n) is 23.3. The minimum Gasteiger partial charge on any atom is -0.495 e. The lowest BCUT2D eigenvalue weighted by Crippen LogP contribution is -2.54. The van der Waals surface area contributed by atoms with Gasteiger partial charge in [-0.05, 0) is 75.7 Å². The SMILES string of the molecule is COc1ccc(N(CC(=O)N(Cc2ccc(Cl)c(Cl)c2)[C@H](C)C(=O)NC(C)(C)C)S(=O)(=O)c2ccccc2)cc1Cl. The largest absolute Gasteiger partial charge is 0.495 e. The molecule has 0 spiro atoms. The van der Waals surface area contributed by atoms with Gasteiger partial charge < -0.3 is 15.0 Å². The van der Waals surface area contributed by atoms with E-state index in [0.717, 1.165) is 4.31 Å². The highest BCUT2D eigenvalue weighted by atomic mass is 35.5. The zero-order chi connectivity index (χ0) is 30.5. The van der Waals surface area contributed by atoms with Crippen molar-refractivity contribution in [2.24, 2.45) is 0 Å². The van der Waals surface area contributed by atoms with Gasteiger partial charge in [0.1, 0.15) is 18.3 Å². The number of anilines is 1. The van der Waals surface area contributed by atoms with Gasteiger partial charge in [0.25, 0.3) is 10.0 Å². The Balaban J connectivity index is 2.08. The zero-order valence-corrected chi connectivity index (χ0v) is 26.4. The molecule has 3 aromatic carbocycles. The molecule has 41 heavy (non-hydrogen) atoms. The summed E-state index contributed by atoms with van der Waals surface area (Å²) in [5.41, 5.74) is 0.189. The predicted molar refractivity (Wildman–Crippen MR) is 163 cm³/mol. The van der Waals surface area contributed by atoms with Crippen LogP contribution in [0.3, 0.4) is 0 Å². The first kappa shape index (κ1) is 32.5. The van der Waals surface area contributed by atoms with E-state index in [1.807, 2.05) is 20.8 Å². The number of nitrogens with one attached hydrogen (secondary N) is 1. The van der Waals surface area contributed by atoms with Gasteiger partial charge in [0, 0.05) is 12.1 Å².